The topological polar surface area (TPSA) is 35.6 Å². The third kappa shape index (κ3) is 5.89. The fourth-order valence-electron chi connectivity index (χ4n) is 7.92. The first kappa shape index (κ1) is 33.3. The lowest BCUT2D eigenvalue weighted by Crippen LogP contribution is -2.00. The summed E-state index contributed by atoms with van der Waals surface area (Å²) in [6, 6.07) is 69.3. The Kier molecular flexibility index (Phi) is 8.23. The maximum Gasteiger partial charge on any atom is 0.182 e. The van der Waals surface area contributed by atoms with Crippen molar-refractivity contribution < 1.29 is 0 Å². The van der Waals surface area contributed by atoms with Gasteiger partial charge in [-0.2, -0.15) is 0 Å². The predicted molar refractivity (Wildman–Crippen MR) is 232 cm³/mol. The molecule has 0 spiro atoms. The average molecular weight is 719 g/mol. The molecular weight excluding hydrogens is 681 g/mol. The van der Waals surface area contributed by atoms with Crippen LogP contribution in [0.15, 0.2) is 194 Å². The molecule has 4 heteroatoms. The normalized spacial score (nSPS) is 11.4. The van der Waals surface area contributed by atoms with E-state index >= 15 is 0 Å². The molecule has 0 unspecified atom stereocenters. The number of nitrogens with zero attached hydrogens (tertiary/aromatic N) is 4. The predicted octanol–water partition coefficient (Wildman–Crippen LogP) is 13.3. The van der Waals surface area contributed by atoms with Crippen molar-refractivity contribution in [3.63, 3.8) is 0 Å². The number of fused-ring (bicyclic) bond motifs is 3. The molecule has 0 fully saturated rings. The molecule has 0 aliphatic rings. The fourth-order valence-corrected chi connectivity index (χ4v) is 7.92. The molecule has 0 bridgehead atoms. The van der Waals surface area contributed by atoms with Crippen LogP contribution < -0.4 is 0 Å². The molecule has 0 saturated carbocycles. The van der Waals surface area contributed by atoms with E-state index in [0.717, 1.165) is 33.9 Å². The molecule has 0 atom stereocenters. The van der Waals surface area contributed by atoms with Crippen LogP contribution >= 0.6 is 0 Å². The van der Waals surface area contributed by atoms with Crippen LogP contribution in [-0.4, -0.2) is 19.3 Å². The molecule has 0 saturated heterocycles. The van der Waals surface area contributed by atoms with Crippen LogP contribution in [0.5, 0.6) is 0 Å². The van der Waals surface area contributed by atoms with Gasteiger partial charge in [-0.3, -0.25) is 0 Å². The van der Waals surface area contributed by atoms with Gasteiger partial charge >= 0.3 is 0 Å². The van der Waals surface area contributed by atoms with E-state index in [-0.39, 0.29) is 0 Å². The van der Waals surface area contributed by atoms with Crippen molar-refractivity contribution in [3.8, 4) is 67.5 Å². The second-order valence-electron chi connectivity index (χ2n) is 14.5. The van der Waals surface area contributed by atoms with Gasteiger partial charge in [-0.1, -0.05) is 169 Å². The van der Waals surface area contributed by atoms with E-state index in [4.69, 9.17) is 10.1 Å². The van der Waals surface area contributed by atoms with Gasteiger partial charge in [0.15, 0.2) is 11.6 Å². The van der Waals surface area contributed by atoms with E-state index in [2.05, 4.69) is 213 Å². The second kappa shape index (κ2) is 13.8. The summed E-state index contributed by atoms with van der Waals surface area (Å²) >= 11 is 0. The molecule has 2 aromatic heterocycles. The van der Waals surface area contributed by atoms with E-state index in [1.165, 1.54) is 60.8 Å². The van der Waals surface area contributed by atoms with Gasteiger partial charge in [0.25, 0.3) is 0 Å². The van der Waals surface area contributed by atoms with Crippen molar-refractivity contribution in [1.82, 2.24) is 19.3 Å². The van der Waals surface area contributed by atoms with Crippen LogP contribution in [0.25, 0.3) is 89.3 Å². The Labute approximate surface area is 326 Å². The molecule has 56 heavy (non-hydrogen) atoms. The lowest BCUT2D eigenvalue weighted by Gasteiger charge is -2.16. The summed E-state index contributed by atoms with van der Waals surface area (Å²) in [4.78, 5) is 5.06. The number of para-hydroxylation sites is 2. The lowest BCUT2D eigenvalue weighted by atomic mass is 9.89. The first-order valence-corrected chi connectivity index (χ1v) is 19.1. The van der Waals surface area contributed by atoms with Crippen LogP contribution in [0.1, 0.15) is 11.1 Å². The summed E-state index contributed by atoms with van der Waals surface area (Å²) in [5, 5.41) is 7.58. The van der Waals surface area contributed by atoms with Crippen molar-refractivity contribution in [3.05, 3.63) is 205 Å². The molecule has 266 valence electrons. The molecule has 4 nitrogen and oxygen atoms in total. The zero-order valence-electron chi connectivity index (χ0n) is 31.3. The molecule has 0 N–H and O–H groups in total. The van der Waals surface area contributed by atoms with Crippen LogP contribution in [0, 0.1) is 13.8 Å². The molecule has 8 aromatic carbocycles. The van der Waals surface area contributed by atoms with Crippen molar-refractivity contribution in [2.24, 2.45) is 0 Å². The van der Waals surface area contributed by atoms with E-state index in [9.17, 15) is 0 Å². The van der Waals surface area contributed by atoms with Gasteiger partial charge in [0.1, 0.15) is 0 Å². The minimum absolute atomic E-state index is 0.703. The molecule has 0 aliphatic heterocycles. The summed E-state index contributed by atoms with van der Waals surface area (Å²) in [7, 11) is 0. The first-order valence-electron chi connectivity index (χ1n) is 19.1. The number of hydrogen-bond donors (Lipinski definition) is 0. The minimum atomic E-state index is 0.703. The smallest absolute Gasteiger partial charge is 0.182 e. The maximum atomic E-state index is 5.06. The third-order valence-electron chi connectivity index (χ3n) is 10.8. The Bertz CT molecular complexity index is 2950. The highest BCUT2D eigenvalue weighted by molar-refractivity contribution is 6.09. The standard InChI is InChI=1S/C52H38N4/c1-35-19-23-39(24-20-35)51-53-52(40-25-21-36(2)22-26-40)56(54-51)42-33-29-38(30-34-42)44-12-4-6-14-46(44)45-13-5-3-11-43(45)37-27-31-41(32-28-37)55-49-17-9-7-15-47(49)48-16-8-10-18-50(48)55/h3-34H,1-2H3. The fraction of sp³-hybridized carbons (Fsp3) is 0.0385. The number of rotatable bonds is 7. The lowest BCUT2D eigenvalue weighted by molar-refractivity contribution is 0.890. The first-order chi connectivity index (χ1) is 27.6. The summed E-state index contributed by atoms with van der Waals surface area (Å²) in [5.74, 6) is 1.52. The van der Waals surface area contributed by atoms with Crippen molar-refractivity contribution in [2.45, 2.75) is 13.8 Å². The highest BCUT2D eigenvalue weighted by Crippen LogP contribution is 2.39. The highest BCUT2D eigenvalue weighted by Gasteiger charge is 2.18. The van der Waals surface area contributed by atoms with Gasteiger partial charge in [0.05, 0.1) is 16.7 Å². The largest absolute Gasteiger partial charge is 0.309 e. The van der Waals surface area contributed by atoms with Gasteiger partial charge in [-0.25, -0.2) is 9.67 Å². The maximum absolute atomic E-state index is 5.06. The van der Waals surface area contributed by atoms with Crippen molar-refractivity contribution in [1.29, 1.82) is 0 Å². The zero-order valence-corrected chi connectivity index (χ0v) is 31.3. The Morgan fingerprint density at radius 2 is 0.768 bits per heavy atom. The Morgan fingerprint density at radius 1 is 0.357 bits per heavy atom. The third-order valence-corrected chi connectivity index (χ3v) is 10.8. The van der Waals surface area contributed by atoms with Crippen LogP contribution in [0.4, 0.5) is 0 Å². The van der Waals surface area contributed by atoms with E-state index in [0.29, 0.717) is 5.82 Å². The van der Waals surface area contributed by atoms with Crippen molar-refractivity contribution >= 4 is 21.8 Å². The SMILES string of the molecule is Cc1ccc(-c2nc(-c3ccc(C)cc3)n(-c3ccc(-c4ccccc4-c4ccccc4-c4ccc(-n5c6ccccc6c6ccccc65)cc4)cc3)n2)cc1. The average Bonchev–Trinajstić information content (AvgIpc) is 3.85. The van der Waals surface area contributed by atoms with Crippen LogP contribution in [0.3, 0.4) is 0 Å². The molecule has 2 heterocycles. The molecule has 10 aromatic rings. The summed E-state index contributed by atoms with van der Waals surface area (Å²) < 4.78 is 4.33. The van der Waals surface area contributed by atoms with Gasteiger partial charge in [-0.15, -0.1) is 5.10 Å². The quantitative estimate of drug-likeness (QED) is 0.164. The highest BCUT2D eigenvalue weighted by atomic mass is 15.4. The molecular formula is C52H38N4. The monoisotopic (exact) mass is 718 g/mol. The Hall–Kier alpha value is -7.30. The Morgan fingerprint density at radius 3 is 1.29 bits per heavy atom. The molecule has 0 radical (unpaired) electrons. The van der Waals surface area contributed by atoms with Gasteiger partial charge in [0.2, 0.25) is 0 Å². The van der Waals surface area contributed by atoms with E-state index in [1.807, 2.05) is 4.68 Å². The Balaban J connectivity index is 1.01. The molecule has 10 rings (SSSR count). The summed E-state index contributed by atoms with van der Waals surface area (Å²) in [5.41, 5.74) is 16.0. The molecule has 0 amide bonds. The zero-order chi connectivity index (χ0) is 37.6. The number of aryl methyl sites for hydroxylation is 2. The number of aromatic nitrogens is 4. The van der Waals surface area contributed by atoms with Crippen LogP contribution in [0.2, 0.25) is 0 Å². The number of benzene rings is 8. The van der Waals surface area contributed by atoms with Gasteiger partial charge < -0.3 is 4.57 Å². The summed E-state index contributed by atoms with van der Waals surface area (Å²) in [6.07, 6.45) is 0. The minimum Gasteiger partial charge on any atom is -0.309 e. The van der Waals surface area contributed by atoms with E-state index in [1.54, 1.807) is 0 Å². The van der Waals surface area contributed by atoms with Crippen LogP contribution in [-0.2, 0) is 0 Å². The van der Waals surface area contributed by atoms with Crippen molar-refractivity contribution in [2.75, 3.05) is 0 Å². The second-order valence-corrected chi connectivity index (χ2v) is 14.5. The molecule has 0 aliphatic carbocycles. The van der Waals surface area contributed by atoms with Gasteiger partial charge in [0, 0.05) is 27.6 Å². The summed E-state index contributed by atoms with van der Waals surface area (Å²) in [6.45, 7) is 4.20. The number of hydrogen-bond acceptors (Lipinski definition) is 2. The van der Waals surface area contributed by atoms with E-state index < -0.39 is 0 Å². The van der Waals surface area contributed by atoms with Gasteiger partial charge in [-0.05, 0) is 83.6 Å².